The van der Waals surface area contributed by atoms with Gasteiger partial charge in [-0.2, -0.15) is 4.98 Å². The van der Waals surface area contributed by atoms with Crippen molar-refractivity contribution in [2.24, 2.45) is 14.1 Å². The van der Waals surface area contributed by atoms with Crippen LogP contribution in [0.5, 0.6) is 0 Å². The van der Waals surface area contributed by atoms with Crippen molar-refractivity contribution in [1.82, 2.24) is 18.7 Å². The lowest BCUT2D eigenvalue weighted by Gasteiger charge is -2.09. The zero-order valence-electron chi connectivity index (χ0n) is 16.4. The molecule has 2 aromatic heterocycles. The third-order valence-electron chi connectivity index (χ3n) is 4.98. The topological polar surface area (TPSA) is 73.8 Å². The number of aromatic nitrogens is 4. The summed E-state index contributed by atoms with van der Waals surface area (Å²) in [6.45, 7) is 0.553. The van der Waals surface area contributed by atoms with Crippen LogP contribution in [0.15, 0.2) is 58.1 Å². The molecule has 2 aromatic carbocycles. The van der Waals surface area contributed by atoms with Gasteiger partial charge in [-0.15, -0.1) is 0 Å². The third-order valence-corrected chi connectivity index (χ3v) is 5.59. The lowest BCUT2D eigenvalue weighted by Crippen LogP contribution is -2.39. The summed E-state index contributed by atoms with van der Waals surface area (Å²) in [4.78, 5) is 30.5. The number of aryl methyl sites for hydroxylation is 2. The summed E-state index contributed by atoms with van der Waals surface area (Å²) in [5, 5.41) is 4.38. The largest absolute Gasteiger partial charge is 0.351 e. The number of nitrogens with zero attached hydrogens (tertiary/aromatic N) is 4. The van der Waals surface area contributed by atoms with Gasteiger partial charge in [0.1, 0.15) is 0 Å². The second-order valence-electron chi connectivity index (χ2n) is 6.97. The molecule has 9 heteroatoms. The summed E-state index contributed by atoms with van der Waals surface area (Å²) >= 11 is 12.3. The highest BCUT2D eigenvalue weighted by Gasteiger charge is 2.18. The van der Waals surface area contributed by atoms with Gasteiger partial charge in [-0.05, 0) is 29.3 Å². The Morgan fingerprint density at radius 1 is 1.00 bits per heavy atom. The van der Waals surface area contributed by atoms with Gasteiger partial charge >= 0.3 is 5.69 Å². The van der Waals surface area contributed by atoms with Crippen molar-refractivity contribution >= 4 is 40.3 Å². The van der Waals surface area contributed by atoms with Crippen LogP contribution in [-0.4, -0.2) is 18.7 Å². The van der Waals surface area contributed by atoms with Crippen LogP contribution in [0.4, 0.5) is 5.95 Å². The van der Waals surface area contributed by atoms with Gasteiger partial charge in [0.2, 0.25) is 5.95 Å². The van der Waals surface area contributed by atoms with E-state index in [1.165, 1.54) is 9.13 Å². The fraction of sp³-hybridized carbons (Fsp3) is 0.190. The van der Waals surface area contributed by atoms with E-state index in [9.17, 15) is 9.59 Å². The van der Waals surface area contributed by atoms with Crippen LogP contribution >= 0.6 is 23.2 Å². The molecule has 4 rings (SSSR count). The highest BCUT2D eigenvalue weighted by molar-refractivity contribution is 6.31. The van der Waals surface area contributed by atoms with E-state index >= 15 is 0 Å². The molecule has 0 unspecified atom stereocenters. The first-order chi connectivity index (χ1) is 14.4. The minimum Gasteiger partial charge on any atom is -0.351 e. The standard InChI is InChI=1S/C21H19Cl2N5O2/c1-26-17-18(25-20(26)24-11-14-7-3-4-9-16(14)23)27(2)21(30)28(19(17)29)12-13-6-5-8-15(22)10-13/h3-10H,11-12H2,1-2H3,(H,24,25). The molecule has 0 bridgehead atoms. The van der Waals surface area contributed by atoms with Crippen molar-refractivity contribution in [2.75, 3.05) is 5.32 Å². The number of anilines is 1. The highest BCUT2D eigenvalue weighted by Crippen LogP contribution is 2.18. The number of halogens is 2. The van der Waals surface area contributed by atoms with E-state index in [0.717, 1.165) is 11.1 Å². The molecule has 0 spiro atoms. The first-order valence-electron chi connectivity index (χ1n) is 9.25. The summed E-state index contributed by atoms with van der Waals surface area (Å²) in [6, 6.07) is 14.6. The Labute approximate surface area is 182 Å². The quantitative estimate of drug-likeness (QED) is 0.512. The Morgan fingerprint density at radius 2 is 1.77 bits per heavy atom. The van der Waals surface area contributed by atoms with Crippen LogP contribution in [0.2, 0.25) is 10.0 Å². The van der Waals surface area contributed by atoms with Crippen LogP contribution < -0.4 is 16.6 Å². The van der Waals surface area contributed by atoms with Crippen molar-refractivity contribution in [1.29, 1.82) is 0 Å². The van der Waals surface area contributed by atoms with Gasteiger partial charge < -0.3 is 9.88 Å². The molecule has 0 radical (unpaired) electrons. The Bertz CT molecular complexity index is 1370. The third kappa shape index (κ3) is 3.62. The van der Waals surface area contributed by atoms with Gasteiger partial charge in [0, 0.05) is 30.7 Å². The first kappa shape index (κ1) is 20.3. The average Bonchev–Trinajstić information content (AvgIpc) is 3.06. The summed E-state index contributed by atoms with van der Waals surface area (Å²) in [5.41, 5.74) is 1.47. The summed E-state index contributed by atoms with van der Waals surface area (Å²) < 4.78 is 4.22. The Kier molecular flexibility index (Phi) is 5.40. The van der Waals surface area contributed by atoms with Crippen molar-refractivity contribution in [2.45, 2.75) is 13.1 Å². The zero-order valence-corrected chi connectivity index (χ0v) is 17.9. The number of imidazole rings is 1. The molecule has 0 amide bonds. The Morgan fingerprint density at radius 3 is 2.50 bits per heavy atom. The molecule has 0 saturated heterocycles. The molecule has 1 N–H and O–H groups in total. The normalized spacial score (nSPS) is 11.2. The van der Waals surface area contributed by atoms with Crippen LogP contribution in [-0.2, 0) is 27.2 Å². The zero-order chi connectivity index (χ0) is 21.4. The van der Waals surface area contributed by atoms with E-state index in [1.54, 1.807) is 36.9 Å². The molecule has 0 fully saturated rings. The van der Waals surface area contributed by atoms with Gasteiger partial charge in [0.25, 0.3) is 5.56 Å². The van der Waals surface area contributed by atoms with Crippen LogP contribution in [0, 0.1) is 0 Å². The lowest BCUT2D eigenvalue weighted by atomic mass is 10.2. The first-order valence-corrected chi connectivity index (χ1v) is 10.0. The summed E-state index contributed by atoms with van der Waals surface area (Å²) in [7, 11) is 3.34. The van der Waals surface area contributed by atoms with E-state index < -0.39 is 11.2 Å². The van der Waals surface area contributed by atoms with E-state index in [-0.39, 0.29) is 6.54 Å². The molecular formula is C21H19Cl2N5O2. The summed E-state index contributed by atoms with van der Waals surface area (Å²) in [6.07, 6.45) is 0. The fourth-order valence-corrected chi connectivity index (χ4v) is 3.79. The van der Waals surface area contributed by atoms with Crippen molar-refractivity contribution in [3.8, 4) is 0 Å². The second-order valence-corrected chi connectivity index (χ2v) is 7.82. The van der Waals surface area contributed by atoms with Gasteiger partial charge in [0.05, 0.1) is 6.54 Å². The van der Waals surface area contributed by atoms with Gasteiger partial charge in [0.15, 0.2) is 11.2 Å². The smallest absolute Gasteiger partial charge is 0.332 e. The highest BCUT2D eigenvalue weighted by atomic mass is 35.5. The number of fused-ring (bicyclic) bond motifs is 1. The molecule has 4 aromatic rings. The van der Waals surface area contributed by atoms with Crippen molar-refractivity contribution < 1.29 is 0 Å². The minimum absolute atomic E-state index is 0.121. The molecule has 154 valence electrons. The number of nitrogens with one attached hydrogen (secondary N) is 1. The SMILES string of the molecule is Cn1c(NCc2ccccc2Cl)nc2c1c(=O)n(Cc1cccc(Cl)c1)c(=O)n2C. The van der Waals surface area contributed by atoms with Gasteiger partial charge in [-0.1, -0.05) is 53.5 Å². The number of benzene rings is 2. The van der Waals surface area contributed by atoms with Gasteiger partial charge in [-0.3, -0.25) is 13.9 Å². The number of hydrogen-bond donors (Lipinski definition) is 1. The van der Waals surface area contributed by atoms with Crippen molar-refractivity contribution in [3.05, 3.63) is 90.5 Å². The van der Waals surface area contributed by atoms with Crippen molar-refractivity contribution in [3.63, 3.8) is 0 Å². The van der Waals surface area contributed by atoms with E-state index in [0.29, 0.717) is 33.7 Å². The molecule has 0 aliphatic heterocycles. The maximum absolute atomic E-state index is 13.2. The monoisotopic (exact) mass is 443 g/mol. The number of hydrogen-bond acceptors (Lipinski definition) is 4. The average molecular weight is 444 g/mol. The minimum atomic E-state index is -0.441. The van der Waals surface area contributed by atoms with E-state index in [2.05, 4.69) is 10.3 Å². The molecular weight excluding hydrogens is 425 g/mol. The second kappa shape index (κ2) is 8.01. The maximum Gasteiger partial charge on any atom is 0.332 e. The van der Waals surface area contributed by atoms with Crippen LogP contribution in [0.3, 0.4) is 0 Å². The Balaban J connectivity index is 1.76. The Hall–Kier alpha value is -3.03. The molecule has 0 atom stereocenters. The summed E-state index contributed by atoms with van der Waals surface area (Å²) in [5.74, 6) is 0.470. The predicted molar refractivity (Wildman–Crippen MR) is 120 cm³/mol. The number of rotatable bonds is 5. The predicted octanol–water partition coefficient (Wildman–Crippen LogP) is 3.40. The molecule has 0 aliphatic rings. The molecule has 2 heterocycles. The lowest BCUT2D eigenvalue weighted by molar-refractivity contribution is 0.655. The van der Waals surface area contributed by atoms with E-state index in [4.69, 9.17) is 23.2 Å². The van der Waals surface area contributed by atoms with Crippen LogP contribution in [0.1, 0.15) is 11.1 Å². The van der Waals surface area contributed by atoms with E-state index in [1.807, 2.05) is 30.3 Å². The molecule has 0 aliphatic carbocycles. The maximum atomic E-state index is 13.2. The molecule has 30 heavy (non-hydrogen) atoms. The van der Waals surface area contributed by atoms with Crippen LogP contribution in [0.25, 0.3) is 11.2 Å². The fourth-order valence-electron chi connectivity index (χ4n) is 3.37. The molecule has 0 saturated carbocycles. The van der Waals surface area contributed by atoms with Gasteiger partial charge in [-0.25, -0.2) is 4.79 Å². The molecule has 7 nitrogen and oxygen atoms in total.